The second kappa shape index (κ2) is 5.27. The number of nitrogens with one attached hydrogen (secondary N) is 1. The second-order valence-corrected chi connectivity index (χ2v) is 4.47. The molecule has 0 radical (unpaired) electrons. The zero-order valence-corrected chi connectivity index (χ0v) is 10.3. The molecule has 0 unspecified atom stereocenters. The van der Waals surface area contributed by atoms with Gasteiger partial charge in [-0.05, 0) is 40.3 Å². The lowest BCUT2D eigenvalue weighted by Crippen LogP contribution is -2.12. The van der Waals surface area contributed by atoms with Gasteiger partial charge in [-0.2, -0.15) is 0 Å². The Morgan fingerprint density at radius 2 is 1.93 bits per heavy atom. The molecule has 1 N–H and O–H groups in total. The fourth-order valence-electron chi connectivity index (χ4n) is 1.27. The summed E-state index contributed by atoms with van der Waals surface area (Å²) in [7, 11) is 0. The molecule has 4 heteroatoms. The monoisotopic (exact) mass is 314 g/mol. The molecule has 1 aromatic heterocycles. The first-order valence-corrected chi connectivity index (χ1v) is 5.77. The number of hydrogen-bond acceptors (Lipinski definition) is 3. The lowest BCUT2D eigenvalue weighted by Gasteiger charge is -2.02. The number of hydrogen-bond donors (Lipinski definition) is 1. The smallest absolute Gasteiger partial charge is 0.124 e. The number of aromatic nitrogens is 1. The molecule has 0 saturated carbocycles. The Morgan fingerprint density at radius 3 is 2.60 bits per heavy atom. The van der Waals surface area contributed by atoms with Crippen molar-refractivity contribution in [2.24, 2.45) is 0 Å². The van der Waals surface area contributed by atoms with Crippen molar-refractivity contribution in [3.63, 3.8) is 0 Å². The van der Waals surface area contributed by atoms with E-state index in [0.29, 0.717) is 0 Å². The number of benzene rings is 1. The van der Waals surface area contributed by atoms with Gasteiger partial charge in [0.15, 0.2) is 0 Å². The fourth-order valence-corrected chi connectivity index (χ4v) is 1.63. The van der Waals surface area contributed by atoms with Crippen molar-refractivity contribution in [1.29, 1.82) is 0 Å². The normalized spacial score (nSPS) is 10.5. The van der Waals surface area contributed by atoms with Crippen LogP contribution in [-0.2, 0) is 13.1 Å². The molecule has 1 aromatic carbocycles. The van der Waals surface area contributed by atoms with Crippen LogP contribution in [0.1, 0.15) is 11.3 Å². The lowest BCUT2D eigenvalue weighted by molar-refractivity contribution is 0.408. The summed E-state index contributed by atoms with van der Waals surface area (Å²) in [6.45, 7) is 1.59. The van der Waals surface area contributed by atoms with Crippen molar-refractivity contribution >= 4 is 22.6 Å². The molecule has 0 bridgehead atoms. The summed E-state index contributed by atoms with van der Waals surface area (Å²) in [6, 6.07) is 10.3. The van der Waals surface area contributed by atoms with Gasteiger partial charge < -0.3 is 9.84 Å². The molecule has 0 atom stereocenters. The van der Waals surface area contributed by atoms with Gasteiger partial charge in [0.1, 0.15) is 6.26 Å². The Balaban J connectivity index is 1.81. The van der Waals surface area contributed by atoms with E-state index in [1.165, 1.54) is 9.13 Å². The summed E-state index contributed by atoms with van der Waals surface area (Å²) < 4.78 is 6.00. The first-order valence-electron chi connectivity index (χ1n) is 4.69. The molecule has 2 rings (SSSR count). The van der Waals surface area contributed by atoms with Crippen LogP contribution in [0, 0.1) is 3.57 Å². The Bertz CT molecular complexity index is 397. The topological polar surface area (TPSA) is 38.1 Å². The maximum Gasteiger partial charge on any atom is 0.124 e. The van der Waals surface area contributed by atoms with Gasteiger partial charge in [-0.3, -0.25) is 0 Å². The molecule has 0 fully saturated rings. The van der Waals surface area contributed by atoms with E-state index in [2.05, 4.69) is 57.3 Å². The zero-order chi connectivity index (χ0) is 10.5. The molecule has 1 heterocycles. The van der Waals surface area contributed by atoms with E-state index >= 15 is 0 Å². The van der Waals surface area contributed by atoms with Gasteiger partial charge in [0.2, 0.25) is 0 Å². The van der Waals surface area contributed by atoms with E-state index in [-0.39, 0.29) is 0 Å². The molecule has 0 spiro atoms. The molecule has 0 aliphatic rings. The standard InChI is InChI=1S/C11H11IN2O/c12-10-3-1-9(2-4-10)7-13-8-11-5-6-15-14-11/h1-6,13H,7-8H2. The van der Waals surface area contributed by atoms with Crippen LogP contribution >= 0.6 is 22.6 Å². The third kappa shape index (κ3) is 3.32. The number of rotatable bonds is 4. The summed E-state index contributed by atoms with van der Waals surface area (Å²) in [5, 5.41) is 7.12. The first kappa shape index (κ1) is 10.6. The Kier molecular flexibility index (Phi) is 3.74. The van der Waals surface area contributed by atoms with Crippen LogP contribution in [0.3, 0.4) is 0 Å². The molecule has 2 aromatic rings. The summed E-state index contributed by atoms with van der Waals surface area (Å²) in [6.07, 6.45) is 1.59. The third-order valence-corrected chi connectivity index (χ3v) is 2.76. The predicted octanol–water partition coefficient (Wildman–Crippen LogP) is 2.57. The van der Waals surface area contributed by atoms with Crippen molar-refractivity contribution in [1.82, 2.24) is 10.5 Å². The molecule has 15 heavy (non-hydrogen) atoms. The van der Waals surface area contributed by atoms with E-state index in [4.69, 9.17) is 4.52 Å². The van der Waals surface area contributed by atoms with E-state index in [1.54, 1.807) is 6.26 Å². The maximum absolute atomic E-state index is 4.74. The zero-order valence-electron chi connectivity index (χ0n) is 8.11. The van der Waals surface area contributed by atoms with Gasteiger partial charge in [-0.1, -0.05) is 17.3 Å². The second-order valence-electron chi connectivity index (χ2n) is 3.22. The van der Waals surface area contributed by atoms with Crippen molar-refractivity contribution in [2.45, 2.75) is 13.1 Å². The van der Waals surface area contributed by atoms with Gasteiger partial charge in [0, 0.05) is 22.7 Å². The van der Waals surface area contributed by atoms with Crippen LogP contribution < -0.4 is 5.32 Å². The Hall–Kier alpha value is -0.880. The highest BCUT2D eigenvalue weighted by Crippen LogP contribution is 2.06. The largest absolute Gasteiger partial charge is 0.364 e. The van der Waals surface area contributed by atoms with Crippen LogP contribution in [-0.4, -0.2) is 5.16 Å². The number of halogens is 1. The van der Waals surface area contributed by atoms with Gasteiger partial charge in [-0.25, -0.2) is 0 Å². The van der Waals surface area contributed by atoms with Crippen molar-refractivity contribution in [3.05, 3.63) is 51.4 Å². The quantitative estimate of drug-likeness (QED) is 0.882. The van der Waals surface area contributed by atoms with Crippen LogP contribution in [0.4, 0.5) is 0 Å². The highest BCUT2D eigenvalue weighted by atomic mass is 127. The Morgan fingerprint density at radius 1 is 1.13 bits per heavy atom. The van der Waals surface area contributed by atoms with Crippen molar-refractivity contribution in [3.8, 4) is 0 Å². The van der Waals surface area contributed by atoms with E-state index in [9.17, 15) is 0 Å². The van der Waals surface area contributed by atoms with E-state index in [1.807, 2.05) is 6.07 Å². The lowest BCUT2D eigenvalue weighted by atomic mass is 10.2. The minimum absolute atomic E-state index is 0.739. The molecule has 78 valence electrons. The molecule has 0 aliphatic heterocycles. The number of nitrogens with zero attached hydrogens (tertiary/aromatic N) is 1. The highest BCUT2D eigenvalue weighted by molar-refractivity contribution is 14.1. The van der Waals surface area contributed by atoms with E-state index in [0.717, 1.165) is 18.8 Å². The molecule has 0 amide bonds. The molecule has 0 saturated heterocycles. The summed E-state index contributed by atoms with van der Waals surface area (Å²) in [5.74, 6) is 0. The molecular formula is C11H11IN2O. The predicted molar refractivity (Wildman–Crippen MR) is 66.2 cm³/mol. The average molecular weight is 314 g/mol. The van der Waals surface area contributed by atoms with Gasteiger partial charge in [-0.15, -0.1) is 0 Å². The molecular weight excluding hydrogens is 303 g/mol. The average Bonchev–Trinajstić information content (AvgIpc) is 2.74. The van der Waals surface area contributed by atoms with Crippen LogP contribution in [0.25, 0.3) is 0 Å². The SMILES string of the molecule is Ic1ccc(CNCc2ccon2)cc1. The summed E-state index contributed by atoms with van der Waals surface area (Å²) >= 11 is 2.30. The molecule has 3 nitrogen and oxygen atoms in total. The van der Waals surface area contributed by atoms with Crippen LogP contribution in [0.15, 0.2) is 41.1 Å². The minimum atomic E-state index is 0.739. The highest BCUT2D eigenvalue weighted by Gasteiger charge is 1.96. The van der Waals surface area contributed by atoms with Crippen LogP contribution in [0.5, 0.6) is 0 Å². The van der Waals surface area contributed by atoms with Crippen molar-refractivity contribution < 1.29 is 4.52 Å². The minimum Gasteiger partial charge on any atom is -0.364 e. The van der Waals surface area contributed by atoms with E-state index < -0.39 is 0 Å². The maximum atomic E-state index is 4.74. The van der Waals surface area contributed by atoms with Gasteiger partial charge >= 0.3 is 0 Å². The first-order chi connectivity index (χ1) is 7.34. The van der Waals surface area contributed by atoms with Gasteiger partial charge in [0.05, 0.1) is 5.69 Å². The summed E-state index contributed by atoms with van der Waals surface area (Å²) in [4.78, 5) is 0. The third-order valence-electron chi connectivity index (χ3n) is 2.04. The van der Waals surface area contributed by atoms with Gasteiger partial charge in [0.25, 0.3) is 0 Å². The Labute approximate surface area is 102 Å². The summed E-state index contributed by atoms with van der Waals surface area (Å²) in [5.41, 5.74) is 2.21. The van der Waals surface area contributed by atoms with Crippen LogP contribution in [0.2, 0.25) is 0 Å². The van der Waals surface area contributed by atoms with Crippen molar-refractivity contribution in [2.75, 3.05) is 0 Å². The fraction of sp³-hybridized carbons (Fsp3) is 0.182. The molecule has 0 aliphatic carbocycles.